The van der Waals surface area contributed by atoms with Crippen molar-refractivity contribution in [2.24, 2.45) is 0 Å². The second kappa shape index (κ2) is 4.93. The predicted molar refractivity (Wildman–Crippen MR) is 47.6 cm³/mol. The molecular formula is C9H15N2O. The number of aryl methyl sites for hydroxylation is 1. The first-order valence-electron chi connectivity index (χ1n) is 4.28. The molecule has 0 aliphatic carbocycles. The lowest BCUT2D eigenvalue weighted by Crippen LogP contribution is -2.04. The molecule has 0 fully saturated rings. The Balaban J connectivity index is 2.51. The molecule has 0 aliphatic heterocycles. The number of rotatable bonds is 5. The zero-order chi connectivity index (χ0) is 8.81. The van der Waals surface area contributed by atoms with Crippen LogP contribution >= 0.6 is 0 Å². The Labute approximate surface area is 73.1 Å². The standard InChI is InChI=1S/C9H15N2O/c1-2-3-6-11-7-5-10-9(11)4-8-12/h5,7,12H,1-4,6,8H2. The Bertz CT molecular complexity index is 220. The third kappa shape index (κ3) is 2.34. The van der Waals surface area contributed by atoms with Crippen molar-refractivity contribution in [2.45, 2.75) is 25.8 Å². The van der Waals surface area contributed by atoms with Crippen LogP contribution in [-0.4, -0.2) is 21.3 Å². The highest BCUT2D eigenvalue weighted by Crippen LogP contribution is 2.01. The first-order valence-corrected chi connectivity index (χ1v) is 4.28. The van der Waals surface area contributed by atoms with Crippen molar-refractivity contribution in [3.8, 4) is 0 Å². The summed E-state index contributed by atoms with van der Waals surface area (Å²) in [5, 5.41) is 8.72. The number of imidazole rings is 1. The zero-order valence-corrected chi connectivity index (χ0v) is 7.24. The molecular weight excluding hydrogens is 152 g/mol. The Morgan fingerprint density at radius 2 is 2.42 bits per heavy atom. The maximum Gasteiger partial charge on any atom is 0.110 e. The molecule has 3 heteroatoms. The highest BCUT2D eigenvalue weighted by atomic mass is 16.3. The van der Waals surface area contributed by atoms with Crippen molar-refractivity contribution in [3.05, 3.63) is 25.1 Å². The fraction of sp³-hybridized carbons (Fsp3) is 0.556. The van der Waals surface area contributed by atoms with Crippen molar-refractivity contribution in [2.75, 3.05) is 6.61 Å². The smallest absolute Gasteiger partial charge is 0.110 e. The van der Waals surface area contributed by atoms with Crippen LogP contribution in [0.15, 0.2) is 12.4 Å². The largest absolute Gasteiger partial charge is 0.396 e. The number of nitrogens with zero attached hydrogens (tertiary/aromatic N) is 2. The summed E-state index contributed by atoms with van der Waals surface area (Å²) in [6.45, 7) is 4.90. The van der Waals surface area contributed by atoms with E-state index in [1.54, 1.807) is 6.20 Å². The SMILES string of the molecule is [CH2]CCCn1ccnc1CCO. The van der Waals surface area contributed by atoms with Gasteiger partial charge in [-0.25, -0.2) is 4.98 Å². The minimum Gasteiger partial charge on any atom is -0.396 e. The number of unbranched alkanes of at least 4 members (excludes halogenated alkanes) is 1. The number of hydrogen-bond donors (Lipinski definition) is 1. The second-order valence-electron chi connectivity index (χ2n) is 2.72. The molecule has 0 atom stereocenters. The number of aliphatic hydroxyl groups excluding tert-OH is 1. The van der Waals surface area contributed by atoms with E-state index in [2.05, 4.69) is 16.5 Å². The van der Waals surface area contributed by atoms with Gasteiger partial charge >= 0.3 is 0 Å². The van der Waals surface area contributed by atoms with E-state index >= 15 is 0 Å². The van der Waals surface area contributed by atoms with E-state index in [1.807, 2.05) is 6.20 Å². The van der Waals surface area contributed by atoms with E-state index in [0.29, 0.717) is 6.42 Å². The third-order valence-electron chi connectivity index (χ3n) is 1.79. The minimum atomic E-state index is 0.168. The van der Waals surface area contributed by atoms with Crippen LogP contribution in [0.2, 0.25) is 0 Å². The van der Waals surface area contributed by atoms with Gasteiger partial charge in [-0.3, -0.25) is 0 Å². The Morgan fingerprint density at radius 1 is 1.58 bits per heavy atom. The van der Waals surface area contributed by atoms with E-state index in [1.165, 1.54) is 0 Å². The molecule has 1 radical (unpaired) electrons. The molecule has 3 nitrogen and oxygen atoms in total. The van der Waals surface area contributed by atoms with Gasteiger partial charge in [0.05, 0.1) is 6.61 Å². The molecule has 0 saturated heterocycles. The van der Waals surface area contributed by atoms with E-state index in [4.69, 9.17) is 5.11 Å². The molecule has 1 rings (SSSR count). The molecule has 1 aromatic rings. The molecule has 0 saturated carbocycles. The van der Waals surface area contributed by atoms with Crippen LogP contribution < -0.4 is 0 Å². The number of aromatic nitrogens is 2. The van der Waals surface area contributed by atoms with Crippen LogP contribution in [0.25, 0.3) is 0 Å². The first kappa shape index (κ1) is 9.26. The molecule has 0 aromatic carbocycles. The maximum absolute atomic E-state index is 8.72. The van der Waals surface area contributed by atoms with Crippen LogP contribution in [0, 0.1) is 6.92 Å². The highest BCUT2D eigenvalue weighted by molar-refractivity contribution is 4.92. The van der Waals surface area contributed by atoms with Crippen LogP contribution in [0.3, 0.4) is 0 Å². The van der Waals surface area contributed by atoms with Gasteiger partial charge in [0.1, 0.15) is 5.82 Å². The van der Waals surface area contributed by atoms with Gasteiger partial charge in [-0.2, -0.15) is 0 Å². The molecule has 0 amide bonds. The van der Waals surface area contributed by atoms with Crippen molar-refractivity contribution in [1.82, 2.24) is 9.55 Å². The molecule has 1 aromatic heterocycles. The third-order valence-corrected chi connectivity index (χ3v) is 1.79. The lowest BCUT2D eigenvalue weighted by molar-refractivity contribution is 0.294. The fourth-order valence-electron chi connectivity index (χ4n) is 1.15. The Hall–Kier alpha value is -0.830. The Kier molecular flexibility index (Phi) is 3.80. The highest BCUT2D eigenvalue weighted by Gasteiger charge is 1.99. The van der Waals surface area contributed by atoms with Crippen LogP contribution in [-0.2, 0) is 13.0 Å². The van der Waals surface area contributed by atoms with Gasteiger partial charge in [-0.05, 0) is 6.42 Å². The van der Waals surface area contributed by atoms with Crippen molar-refractivity contribution in [3.63, 3.8) is 0 Å². The van der Waals surface area contributed by atoms with E-state index in [0.717, 1.165) is 25.2 Å². The van der Waals surface area contributed by atoms with E-state index in [9.17, 15) is 0 Å². The molecule has 12 heavy (non-hydrogen) atoms. The van der Waals surface area contributed by atoms with Crippen LogP contribution in [0.4, 0.5) is 0 Å². The maximum atomic E-state index is 8.72. The summed E-state index contributed by atoms with van der Waals surface area (Å²) >= 11 is 0. The number of hydrogen-bond acceptors (Lipinski definition) is 2. The molecule has 0 spiro atoms. The van der Waals surface area contributed by atoms with Gasteiger partial charge in [-0.15, -0.1) is 0 Å². The van der Waals surface area contributed by atoms with Crippen LogP contribution in [0.5, 0.6) is 0 Å². The molecule has 1 N–H and O–H groups in total. The van der Waals surface area contributed by atoms with Gasteiger partial charge in [0.25, 0.3) is 0 Å². The zero-order valence-electron chi connectivity index (χ0n) is 7.24. The van der Waals surface area contributed by atoms with Crippen molar-refractivity contribution >= 4 is 0 Å². The summed E-state index contributed by atoms with van der Waals surface area (Å²) in [7, 11) is 0. The summed E-state index contributed by atoms with van der Waals surface area (Å²) in [6, 6.07) is 0. The minimum absolute atomic E-state index is 0.168. The molecule has 0 unspecified atom stereocenters. The summed E-state index contributed by atoms with van der Waals surface area (Å²) in [5.74, 6) is 0.964. The molecule has 1 heterocycles. The average Bonchev–Trinajstić information content (AvgIpc) is 2.50. The Morgan fingerprint density at radius 3 is 3.08 bits per heavy atom. The fourth-order valence-corrected chi connectivity index (χ4v) is 1.15. The van der Waals surface area contributed by atoms with Crippen molar-refractivity contribution < 1.29 is 5.11 Å². The van der Waals surface area contributed by atoms with Gasteiger partial charge in [0.15, 0.2) is 0 Å². The van der Waals surface area contributed by atoms with Crippen molar-refractivity contribution in [1.29, 1.82) is 0 Å². The normalized spacial score (nSPS) is 10.5. The lowest BCUT2D eigenvalue weighted by Gasteiger charge is -2.04. The average molecular weight is 167 g/mol. The summed E-state index contributed by atoms with van der Waals surface area (Å²) in [4.78, 5) is 4.14. The van der Waals surface area contributed by atoms with Gasteiger partial charge < -0.3 is 9.67 Å². The topological polar surface area (TPSA) is 38.0 Å². The summed E-state index contributed by atoms with van der Waals surface area (Å²) < 4.78 is 2.07. The predicted octanol–water partition coefficient (Wildman–Crippen LogP) is 1.03. The van der Waals surface area contributed by atoms with E-state index in [-0.39, 0.29) is 6.61 Å². The molecule has 0 aliphatic rings. The molecule has 67 valence electrons. The van der Waals surface area contributed by atoms with Gasteiger partial charge in [0.2, 0.25) is 0 Å². The van der Waals surface area contributed by atoms with Gasteiger partial charge in [-0.1, -0.05) is 13.3 Å². The summed E-state index contributed by atoms with van der Waals surface area (Å²) in [5.41, 5.74) is 0. The monoisotopic (exact) mass is 167 g/mol. The lowest BCUT2D eigenvalue weighted by atomic mass is 10.3. The summed E-state index contributed by atoms with van der Waals surface area (Å²) in [6.07, 6.45) is 6.37. The van der Waals surface area contributed by atoms with Crippen LogP contribution in [0.1, 0.15) is 18.7 Å². The number of aliphatic hydroxyl groups is 1. The first-order chi connectivity index (χ1) is 5.88. The second-order valence-corrected chi connectivity index (χ2v) is 2.72. The van der Waals surface area contributed by atoms with Gasteiger partial charge in [0, 0.05) is 25.4 Å². The van der Waals surface area contributed by atoms with E-state index < -0.39 is 0 Å². The quantitative estimate of drug-likeness (QED) is 0.711. The molecule has 0 bridgehead atoms.